The number of aromatic nitrogens is 1. The zero-order valence-electron chi connectivity index (χ0n) is 14.3. The fourth-order valence-corrected chi connectivity index (χ4v) is 3.37. The molecule has 1 N–H and O–H groups in total. The number of anilines is 1. The number of benzene rings is 2. The Hall–Kier alpha value is -2.11. The molecule has 0 bridgehead atoms. The summed E-state index contributed by atoms with van der Waals surface area (Å²) in [6, 6.07) is 10.9. The Kier molecular flexibility index (Phi) is 5.25. The van der Waals surface area contributed by atoms with E-state index in [9.17, 15) is 4.79 Å². The van der Waals surface area contributed by atoms with Gasteiger partial charge in [0, 0.05) is 10.6 Å². The number of halogens is 1. The molecule has 6 heteroatoms. The first-order valence-corrected chi connectivity index (χ1v) is 9.30. The van der Waals surface area contributed by atoms with Gasteiger partial charge >= 0.3 is 0 Å². The van der Waals surface area contributed by atoms with E-state index in [1.54, 1.807) is 12.1 Å². The van der Waals surface area contributed by atoms with Gasteiger partial charge in [0.1, 0.15) is 5.75 Å². The largest absolute Gasteiger partial charge is 0.491 e. The summed E-state index contributed by atoms with van der Waals surface area (Å²) in [5, 5.41) is 4.07. The maximum Gasteiger partial charge on any atom is 0.257 e. The molecule has 0 spiro atoms. The highest BCUT2D eigenvalue weighted by Gasteiger charge is 2.11. The average Bonchev–Trinajstić information content (AvgIpc) is 2.96. The molecule has 0 aliphatic heterocycles. The number of amides is 1. The minimum absolute atomic E-state index is 0.151. The number of ether oxygens (including phenoxy) is 1. The van der Waals surface area contributed by atoms with E-state index in [1.807, 2.05) is 38.1 Å². The second kappa shape index (κ2) is 7.42. The van der Waals surface area contributed by atoms with Crippen LogP contribution in [0.5, 0.6) is 5.75 Å². The van der Waals surface area contributed by atoms with E-state index in [0.29, 0.717) is 15.7 Å². The summed E-state index contributed by atoms with van der Waals surface area (Å²) in [5.41, 5.74) is 2.34. The molecule has 4 nitrogen and oxygen atoms in total. The van der Waals surface area contributed by atoms with Gasteiger partial charge in [-0.3, -0.25) is 10.1 Å². The van der Waals surface area contributed by atoms with Crippen LogP contribution in [0.4, 0.5) is 5.13 Å². The highest BCUT2D eigenvalue weighted by atomic mass is 35.5. The van der Waals surface area contributed by atoms with Crippen LogP contribution < -0.4 is 10.1 Å². The number of nitrogens with zero attached hydrogens (tertiary/aromatic N) is 1. The lowest BCUT2D eigenvalue weighted by molar-refractivity contribution is 0.102. The Bertz CT molecular complexity index is 867. The number of fused-ring (bicyclic) bond motifs is 1. The van der Waals surface area contributed by atoms with E-state index in [2.05, 4.69) is 17.2 Å². The molecule has 0 saturated heterocycles. The van der Waals surface area contributed by atoms with Gasteiger partial charge in [-0.05, 0) is 62.2 Å². The number of aryl methyl sites for hydroxylation is 1. The van der Waals surface area contributed by atoms with Crippen LogP contribution in [0.3, 0.4) is 0 Å². The molecule has 0 aliphatic rings. The van der Waals surface area contributed by atoms with E-state index in [1.165, 1.54) is 11.3 Å². The molecule has 1 atom stereocenters. The SMILES string of the molecule is CCC(C)Oc1ccc(C(=O)Nc2nc3cc(Cl)c(C)cc3s2)cc1. The summed E-state index contributed by atoms with van der Waals surface area (Å²) in [5.74, 6) is 0.563. The summed E-state index contributed by atoms with van der Waals surface area (Å²) in [6.45, 7) is 6.03. The first kappa shape index (κ1) is 17.7. The Morgan fingerprint density at radius 1 is 1.32 bits per heavy atom. The summed E-state index contributed by atoms with van der Waals surface area (Å²) < 4.78 is 6.72. The van der Waals surface area contributed by atoms with Crippen LogP contribution in [-0.4, -0.2) is 17.0 Å². The van der Waals surface area contributed by atoms with Crippen molar-refractivity contribution in [3.8, 4) is 5.75 Å². The van der Waals surface area contributed by atoms with E-state index in [-0.39, 0.29) is 12.0 Å². The van der Waals surface area contributed by atoms with Crippen molar-refractivity contribution in [1.82, 2.24) is 4.98 Å². The number of nitrogens with one attached hydrogen (secondary N) is 1. The Labute approximate surface area is 155 Å². The van der Waals surface area contributed by atoms with Gasteiger partial charge in [-0.25, -0.2) is 4.98 Å². The molecule has 3 rings (SSSR count). The Morgan fingerprint density at radius 2 is 2.04 bits per heavy atom. The quantitative estimate of drug-likeness (QED) is 0.624. The summed E-state index contributed by atoms with van der Waals surface area (Å²) in [4.78, 5) is 16.8. The molecule has 1 heterocycles. The fraction of sp³-hybridized carbons (Fsp3) is 0.263. The van der Waals surface area contributed by atoms with Crippen molar-refractivity contribution in [1.29, 1.82) is 0 Å². The predicted molar refractivity (Wildman–Crippen MR) is 104 cm³/mol. The lowest BCUT2D eigenvalue weighted by Gasteiger charge is -2.12. The number of carbonyl (C=O) groups is 1. The molecular formula is C19H19ClN2O2S. The second-order valence-corrected chi connectivity index (χ2v) is 7.34. The lowest BCUT2D eigenvalue weighted by Crippen LogP contribution is -2.12. The molecule has 0 saturated carbocycles. The predicted octanol–water partition coefficient (Wildman–Crippen LogP) is 5.69. The molecule has 0 aliphatic carbocycles. The smallest absolute Gasteiger partial charge is 0.257 e. The van der Waals surface area contributed by atoms with E-state index < -0.39 is 0 Å². The van der Waals surface area contributed by atoms with E-state index in [0.717, 1.165) is 28.0 Å². The monoisotopic (exact) mass is 374 g/mol. The normalized spacial score (nSPS) is 12.2. The fourth-order valence-electron chi connectivity index (χ4n) is 2.27. The van der Waals surface area contributed by atoms with E-state index >= 15 is 0 Å². The highest BCUT2D eigenvalue weighted by molar-refractivity contribution is 7.22. The minimum atomic E-state index is -0.197. The zero-order valence-corrected chi connectivity index (χ0v) is 15.9. The maximum absolute atomic E-state index is 12.4. The first-order chi connectivity index (χ1) is 12.0. The van der Waals surface area contributed by atoms with Crippen LogP contribution in [0.2, 0.25) is 5.02 Å². The number of rotatable bonds is 5. The molecule has 1 unspecified atom stereocenters. The van der Waals surface area contributed by atoms with Gasteiger partial charge in [0.25, 0.3) is 5.91 Å². The highest BCUT2D eigenvalue weighted by Crippen LogP contribution is 2.30. The van der Waals surface area contributed by atoms with E-state index in [4.69, 9.17) is 16.3 Å². The van der Waals surface area contributed by atoms with Gasteiger partial charge < -0.3 is 4.74 Å². The van der Waals surface area contributed by atoms with Gasteiger partial charge in [0.15, 0.2) is 5.13 Å². The van der Waals surface area contributed by atoms with Gasteiger partial charge in [0.05, 0.1) is 16.3 Å². The maximum atomic E-state index is 12.4. The Balaban J connectivity index is 1.73. The number of hydrogen-bond acceptors (Lipinski definition) is 4. The third-order valence-corrected chi connectivity index (χ3v) is 5.26. The van der Waals surface area contributed by atoms with Crippen molar-refractivity contribution in [2.24, 2.45) is 0 Å². The molecule has 130 valence electrons. The van der Waals surface area contributed by atoms with Gasteiger partial charge in [-0.1, -0.05) is 29.9 Å². The molecule has 0 fully saturated rings. The minimum Gasteiger partial charge on any atom is -0.491 e. The first-order valence-electron chi connectivity index (χ1n) is 8.11. The summed E-state index contributed by atoms with van der Waals surface area (Å²) in [7, 11) is 0. The molecule has 0 radical (unpaired) electrons. The molecular weight excluding hydrogens is 356 g/mol. The van der Waals surface area contributed by atoms with Crippen molar-refractivity contribution in [3.05, 3.63) is 52.5 Å². The van der Waals surface area contributed by atoms with Crippen molar-refractivity contribution in [3.63, 3.8) is 0 Å². The standard InChI is InChI=1S/C19H19ClN2O2S/c1-4-12(3)24-14-7-5-13(6-8-14)18(23)22-19-21-16-10-15(20)11(2)9-17(16)25-19/h5-10,12H,4H2,1-3H3,(H,21,22,23). The van der Waals surface area contributed by atoms with Crippen LogP contribution >= 0.6 is 22.9 Å². The molecule has 1 amide bonds. The topological polar surface area (TPSA) is 51.2 Å². The van der Waals surface area contributed by atoms with Gasteiger partial charge in [0.2, 0.25) is 0 Å². The number of carbonyl (C=O) groups excluding carboxylic acids is 1. The van der Waals surface area contributed by atoms with Crippen molar-refractivity contribution >= 4 is 44.2 Å². The van der Waals surface area contributed by atoms with Gasteiger partial charge in [-0.2, -0.15) is 0 Å². The average molecular weight is 375 g/mol. The number of hydrogen-bond donors (Lipinski definition) is 1. The van der Waals surface area contributed by atoms with Crippen molar-refractivity contribution in [2.45, 2.75) is 33.3 Å². The van der Waals surface area contributed by atoms with Crippen LogP contribution in [0.25, 0.3) is 10.2 Å². The van der Waals surface area contributed by atoms with Crippen LogP contribution in [0, 0.1) is 6.92 Å². The summed E-state index contributed by atoms with van der Waals surface area (Å²) >= 11 is 7.56. The second-order valence-electron chi connectivity index (χ2n) is 5.90. The number of thiazole rings is 1. The summed E-state index contributed by atoms with van der Waals surface area (Å²) in [6.07, 6.45) is 1.08. The molecule has 25 heavy (non-hydrogen) atoms. The molecule has 1 aromatic heterocycles. The third-order valence-electron chi connectivity index (χ3n) is 3.92. The van der Waals surface area contributed by atoms with Gasteiger partial charge in [-0.15, -0.1) is 0 Å². The van der Waals surface area contributed by atoms with Crippen LogP contribution in [0.1, 0.15) is 36.2 Å². The van der Waals surface area contributed by atoms with Crippen molar-refractivity contribution < 1.29 is 9.53 Å². The molecule has 3 aromatic rings. The third kappa shape index (κ3) is 4.11. The van der Waals surface area contributed by atoms with Crippen LogP contribution in [0.15, 0.2) is 36.4 Å². The van der Waals surface area contributed by atoms with Crippen molar-refractivity contribution in [2.75, 3.05) is 5.32 Å². The zero-order chi connectivity index (χ0) is 18.0. The molecule has 2 aromatic carbocycles. The van der Waals surface area contributed by atoms with Crippen LogP contribution in [-0.2, 0) is 0 Å². The Morgan fingerprint density at radius 3 is 2.72 bits per heavy atom. The lowest BCUT2D eigenvalue weighted by atomic mass is 10.2.